The van der Waals surface area contributed by atoms with Crippen molar-refractivity contribution in [2.45, 2.75) is 57.6 Å². The van der Waals surface area contributed by atoms with Crippen LogP contribution in [-0.4, -0.2) is 33.7 Å². The Kier molecular flexibility index (Phi) is 4.51. The molecular formula is C12H21NO4. The highest BCUT2D eigenvalue weighted by molar-refractivity contribution is 5.83. The van der Waals surface area contributed by atoms with E-state index in [9.17, 15) is 14.7 Å². The highest BCUT2D eigenvalue weighted by atomic mass is 16.4. The van der Waals surface area contributed by atoms with E-state index < -0.39 is 17.6 Å². The molecule has 1 aliphatic rings. The summed E-state index contributed by atoms with van der Waals surface area (Å²) in [7, 11) is 0. The molecule has 0 radical (unpaired) electrons. The molecule has 0 spiro atoms. The molecule has 1 amide bonds. The SMILES string of the molecule is CCC(CC)C(=O)NC1CCCC1(O)C(=O)O. The van der Waals surface area contributed by atoms with Gasteiger partial charge >= 0.3 is 5.97 Å². The van der Waals surface area contributed by atoms with Crippen LogP contribution < -0.4 is 5.32 Å². The second-order valence-electron chi connectivity index (χ2n) is 4.70. The fraction of sp³-hybridized carbons (Fsp3) is 0.833. The molecule has 1 saturated carbocycles. The maximum absolute atomic E-state index is 11.9. The summed E-state index contributed by atoms with van der Waals surface area (Å²) in [6.07, 6.45) is 2.79. The third kappa shape index (κ3) is 2.77. The third-order valence-corrected chi connectivity index (χ3v) is 3.67. The van der Waals surface area contributed by atoms with Crippen molar-refractivity contribution in [3.05, 3.63) is 0 Å². The number of carboxylic acid groups (broad SMARTS) is 1. The Labute approximate surface area is 101 Å². The van der Waals surface area contributed by atoms with Crippen LogP contribution in [0.2, 0.25) is 0 Å². The van der Waals surface area contributed by atoms with Crippen LogP contribution in [0.5, 0.6) is 0 Å². The minimum Gasteiger partial charge on any atom is -0.479 e. The first-order chi connectivity index (χ1) is 7.95. The quantitative estimate of drug-likeness (QED) is 0.669. The summed E-state index contributed by atoms with van der Waals surface area (Å²) in [5.41, 5.74) is -1.79. The van der Waals surface area contributed by atoms with Crippen molar-refractivity contribution in [1.29, 1.82) is 0 Å². The third-order valence-electron chi connectivity index (χ3n) is 3.67. The zero-order chi connectivity index (χ0) is 13.1. The molecule has 0 saturated heterocycles. The fourth-order valence-corrected chi connectivity index (χ4v) is 2.39. The van der Waals surface area contributed by atoms with Gasteiger partial charge in [0.05, 0.1) is 6.04 Å². The number of carboxylic acids is 1. The van der Waals surface area contributed by atoms with E-state index in [1.165, 1.54) is 0 Å². The Morgan fingerprint density at radius 2 is 2.00 bits per heavy atom. The number of carbonyl (C=O) groups excluding carboxylic acids is 1. The normalized spacial score (nSPS) is 28.4. The predicted octanol–water partition coefficient (Wildman–Crippen LogP) is 0.907. The van der Waals surface area contributed by atoms with Gasteiger partial charge in [0.15, 0.2) is 5.60 Å². The van der Waals surface area contributed by atoms with Crippen molar-refractivity contribution in [3.8, 4) is 0 Å². The molecule has 17 heavy (non-hydrogen) atoms. The number of rotatable bonds is 5. The van der Waals surface area contributed by atoms with Crippen LogP contribution in [0.1, 0.15) is 46.0 Å². The van der Waals surface area contributed by atoms with Crippen LogP contribution in [0.25, 0.3) is 0 Å². The number of hydrogen-bond donors (Lipinski definition) is 3. The topological polar surface area (TPSA) is 86.6 Å². The van der Waals surface area contributed by atoms with Gasteiger partial charge in [-0.2, -0.15) is 0 Å². The molecule has 0 aromatic heterocycles. The van der Waals surface area contributed by atoms with E-state index in [0.717, 1.165) is 12.8 Å². The van der Waals surface area contributed by atoms with Gasteiger partial charge in [-0.15, -0.1) is 0 Å². The highest BCUT2D eigenvalue weighted by Crippen LogP contribution is 2.30. The standard InChI is InChI=1S/C12H21NO4/c1-3-8(4-2)10(14)13-9-6-5-7-12(9,17)11(15)16/h8-9,17H,3-7H2,1-2H3,(H,13,14)(H,15,16). The lowest BCUT2D eigenvalue weighted by Crippen LogP contribution is -2.54. The molecule has 1 fully saturated rings. The Morgan fingerprint density at radius 3 is 2.47 bits per heavy atom. The van der Waals surface area contributed by atoms with Crippen LogP contribution in [0, 0.1) is 5.92 Å². The van der Waals surface area contributed by atoms with E-state index in [1.54, 1.807) is 0 Å². The zero-order valence-electron chi connectivity index (χ0n) is 10.4. The number of hydrogen-bond acceptors (Lipinski definition) is 3. The second-order valence-corrected chi connectivity index (χ2v) is 4.70. The lowest BCUT2D eigenvalue weighted by atomic mass is 9.96. The summed E-state index contributed by atoms with van der Waals surface area (Å²) < 4.78 is 0. The van der Waals surface area contributed by atoms with Gasteiger partial charge in [-0.25, -0.2) is 4.79 Å². The van der Waals surface area contributed by atoms with E-state index in [-0.39, 0.29) is 18.2 Å². The van der Waals surface area contributed by atoms with Crippen LogP contribution in [0.15, 0.2) is 0 Å². The van der Waals surface area contributed by atoms with Gasteiger partial charge in [0.1, 0.15) is 0 Å². The Morgan fingerprint density at radius 1 is 1.41 bits per heavy atom. The smallest absolute Gasteiger partial charge is 0.337 e. The molecule has 0 aliphatic heterocycles. The van der Waals surface area contributed by atoms with Crippen molar-refractivity contribution in [3.63, 3.8) is 0 Å². The van der Waals surface area contributed by atoms with E-state index in [0.29, 0.717) is 12.8 Å². The molecule has 0 heterocycles. The molecule has 98 valence electrons. The van der Waals surface area contributed by atoms with E-state index >= 15 is 0 Å². The summed E-state index contributed by atoms with van der Waals surface area (Å²) in [6.45, 7) is 3.84. The maximum Gasteiger partial charge on any atom is 0.337 e. The van der Waals surface area contributed by atoms with Gasteiger partial charge < -0.3 is 15.5 Å². The summed E-state index contributed by atoms with van der Waals surface area (Å²) in [5.74, 6) is -1.50. The molecule has 5 nitrogen and oxygen atoms in total. The first-order valence-corrected chi connectivity index (χ1v) is 6.21. The molecule has 3 N–H and O–H groups in total. The number of carbonyl (C=O) groups is 2. The Bertz CT molecular complexity index is 301. The first kappa shape index (κ1) is 14.0. The average molecular weight is 243 g/mol. The van der Waals surface area contributed by atoms with Crippen molar-refractivity contribution in [1.82, 2.24) is 5.32 Å². The van der Waals surface area contributed by atoms with Crippen molar-refractivity contribution in [2.24, 2.45) is 5.92 Å². The maximum atomic E-state index is 11.9. The molecule has 0 aromatic carbocycles. The number of aliphatic hydroxyl groups is 1. The molecule has 2 atom stereocenters. The van der Waals surface area contributed by atoms with Crippen molar-refractivity contribution < 1.29 is 19.8 Å². The minimum absolute atomic E-state index is 0.103. The van der Waals surface area contributed by atoms with E-state index in [2.05, 4.69) is 5.32 Å². The van der Waals surface area contributed by atoms with E-state index in [1.807, 2.05) is 13.8 Å². The Hall–Kier alpha value is -1.10. The molecule has 1 aliphatic carbocycles. The van der Waals surface area contributed by atoms with Gasteiger partial charge in [0.2, 0.25) is 5.91 Å². The van der Waals surface area contributed by atoms with Gasteiger partial charge in [0, 0.05) is 5.92 Å². The molecule has 2 unspecified atom stereocenters. The van der Waals surface area contributed by atoms with Crippen LogP contribution in [0.3, 0.4) is 0 Å². The predicted molar refractivity (Wildman–Crippen MR) is 62.4 cm³/mol. The fourth-order valence-electron chi connectivity index (χ4n) is 2.39. The molecular weight excluding hydrogens is 222 g/mol. The lowest BCUT2D eigenvalue weighted by Gasteiger charge is -2.27. The molecule has 0 aromatic rings. The summed E-state index contributed by atoms with van der Waals surface area (Å²) in [5, 5.41) is 21.7. The van der Waals surface area contributed by atoms with Gasteiger partial charge in [0.25, 0.3) is 0 Å². The van der Waals surface area contributed by atoms with Gasteiger partial charge in [-0.1, -0.05) is 13.8 Å². The Balaban J connectivity index is 2.68. The first-order valence-electron chi connectivity index (χ1n) is 6.21. The minimum atomic E-state index is -1.79. The largest absolute Gasteiger partial charge is 0.479 e. The van der Waals surface area contributed by atoms with Gasteiger partial charge in [-0.3, -0.25) is 4.79 Å². The molecule has 0 bridgehead atoms. The van der Waals surface area contributed by atoms with Crippen molar-refractivity contribution in [2.75, 3.05) is 0 Å². The average Bonchev–Trinajstić information content (AvgIpc) is 2.63. The summed E-state index contributed by atoms with van der Waals surface area (Å²) >= 11 is 0. The zero-order valence-corrected chi connectivity index (χ0v) is 10.4. The summed E-state index contributed by atoms with van der Waals surface area (Å²) in [6, 6.07) is -0.659. The monoisotopic (exact) mass is 243 g/mol. The van der Waals surface area contributed by atoms with Crippen LogP contribution in [0.4, 0.5) is 0 Å². The van der Waals surface area contributed by atoms with Crippen LogP contribution >= 0.6 is 0 Å². The number of amides is 1. The molecule has 5 heteroatoms. The number of nitrogens with one attached hydrogen (secondary N) is 1. The number of aliphatic carboxylic acids is 1. The molecule has 1 rings (SSSR count). The van der Waals surface area contributed by atoms with E-state index in [4.69, 9.17) is 5.11 Å². The summed E-state index contributed by atoms with van der Waals surface area (Å²) in [4.78, 5) is 22.9. The van der Waals surface area contributed by atoms with Crippen LogP contribution in [-0.2, 0) is 9.59 Å². The lowest BCUT2D eigenvalue weighted by molar-refractivity contribution is -0.160. The van der Waals surface area contributed by atoms with Gasteiger partial charge in [-0.05, 0) is 32.1 Å². The highest BCUT2D eigenvalue weighted by Gasteiger charge is 2.48. The van der Waals surface area contributed by atoms with Crippen molar-refractivity contribution >= 4 is 11.9 Å². The second kappa shape index (κ2) is 5.49.